The summed E-state index contributed by atoms with van der Waals surface area (Å²) in [5.74, 6) is -0.237. The molecule has 5 aromatic rings. The molecule has 5 rings (SSSR count). The number of benzene rings is 4. The molecule has 0 saturated heterocycles. The SMILES string of the molecule is Fc1ccc([S-])cc1.[Ni].c1cc[cH-]c1.c1ccc([PH+](c2ccccc2)c2ccccc2)cc1. The van der Waals surface area contributed by atoms with Gasteiger partial charge < -0.3 is 12.6 Å². The largest absolute Gasteiger partial charge is 0.780 e. The first kappa shape index (κ1) is 26.6. The van der Waals surface area contributed by atoms with E-state index >= 15 is 0 Å². The van der Waals surface area contributed by atoms with Gasteiger partial charge in [-0.2, -0.15) is 23.1 Å². The molecule has 0 aromatic heterocycles. The van der Waals surface area contributed by atoms with Crippen molar-refractivity contribution in [2.24, 2.45) is 0 Å². The van der Waals surface area contributed by atoms with Crippen LogP contribution in [0, 0.1) is 5.82 Å². The zero-order valence-electron chi connectivity index (χ0n) is 18.0. The summed E-state index contributed by atoms with van der Waals surface area (Å²) < 4.78 is 12.0. The molecule has 0 unspecified atom stereocenters. The van der Waals surface area contributed by atoms with E-state index in [1.54, 1.807) is 12.1 Å². The fourth-order valence-electron chi connectivity index (χ4n) is 3.07. The summed E-state index contributed by atoms with van der Waals surface area (Å²) in [6.07, 6.45) is 0. The van der Waals surface area contributed by atoms with Gasteiger partial charge in [-0.15, -0.1) is 0 Å². The maximum absolute atomic E-state index is 12.0. The van der Waals surface area contributed by atoms with E-state index in [2.05, 4.69) is 91.0 Å². The summed E-state index contributed by atoms with van der Waals surface area (Å²) in [4.78, 5) is 0.673. The minimum Gasteiger partial charge on any atom is -0.780 e. The first-order valence-corrected chi connectivity index (χ1v) is 12.3. The van der Waals surface area contributed by atoms with Crippen LogP contribution in [0.25, 0.3) is 0 Å². The van der Waals surface area contributed by atoms with Crippen molar-refractivity contribution in [1.82, 2.24) is 0 Å². The van der Waals surface area contributed by atoms with E-state index in [1.165, 1.54) is 28.0 Å². The van der Waals surface area contributed by atoms with Gasteiger partial charge in [0.25, 0.3) is 0 Å². The number of halogens is 1. The van der Waals surface area contributed by atoms with Crippen LogP contribution in [0.4, 0.5) is 4.39 Å². The Hall–Kier alpha value is -2.70. The summed E-state index contributed by atoms with van der Waals surface area (Å²) in [6.45, 7) is 0. The van der Waals surface area contributed by atoms with Gasteiger partial charge in [0, 0.05) is 16.5 Å². The molecule has 0 N–H and O–H groups in total. The van der Waals surface area contributed by atoms with E-state index in [1.807, 2.05) is 30.3 Å². The minimum atomic E-state index is -0.877. The molecule has 0 aliphatic rings. The molecule has 0 bridgehead atoms. The molecule has 0 heterocycles. The van der Waals surface area contributed by atoms with Crippen molar-refractivity contribution in [3.8, 4) is 0 Å². The predicted molar refractivity (Wildman–Crippen MR) is 141 cm³/mol. The molecule has 5 aromatic carbocycles. The Morgan fingerprint density at radius 1 is 0.515 bits per heavy atom. The van der Waals surface area contributed by atoms with E-state index in [0.29, 0.717) is 4.90 Å². The second-order valence-electron chi connectivity index (χ2n) is 6.89. The van der Waals surface area contributed by atoms with Crippen LogP contribution >= 0.6 is 7.92 Å². The van der Waals surface area contributed by atoms with Crippen LogP contribution in [0.2, 0.25) is 0 Å². The van der Waals surface area contributed by atoms with Gasteiger partial charge in [-0.05, 0) is 48.5 Å². The van der Waals surface area contributed by atoms with E-state index in [0.717, 1.165) is 0 Å². The van der Waals surface area contributed by atoms with E-state index in [9.17, 15) is 4.39 Å². The second-order valence-corrected chi connectivity index (χ2v) is 9.84. The van der Waals surface area contributed by atoms with Crippen LogP contribution < -0.4 is 15.9 Å². The number of hydrogen-bond acceptors (Lipinski definition) is 1. The standard InChI is InChI=1S/C18H15P.C6H5FS.C5H5.Ni/c1-4-10-16(11-5-1)19(17-12-6-2-7-13-17)18-14-8-3-9-15-18;7-5-1-3-6(8)4-2-5;1-2-4-5-3-1;/h1-15H;1-4,8H;1-5H;/q;;-1;. The molecule has 0 spiro atoms. The summed E-state index contributed by atoms with van der Waals surface area (Å²) >= 11 is 4.70. The van der Waals surface area contributed by atoms with Gasteiger partial charge in [0.05, 0.1) is 7.92 Å². The molecular formula is C29H25FNiPS-. The van der Waals surface area contributed by atoms with Gasteiger partial charge in [-0.3, -0.25) is 0 Å². The fourth-order valence-corrected chi connectivity index (χ4v) is 5.78. The molecular weight excluding hydrogens is 489 g/mol. The second kappa shape index (κ2) is 15.2. The van der Waals surface area contributed by atoms with Gasteiger partial charge >= 0.3 is 0 Å². The molecule has 0 aliphatic heterocycles. The summed E-state index contributed by atoms with van der Waals surface area (Å²) in [6, 6.07) is 48.3. The smallest absolute Gasteiger partial charge is 0.123 e. The number of hydrogen-bond donors (Lipinski definition) is 0. The third kappa shape index (κ3) is 9.36. The Morgan fingerprint density at radius 3 is 1.15 bits per heavy atom. The Kier molecular flexibility index (Phi) is 12.2. The van der Waals surface area contributed by atoms with Gasteiger partial charge in [0.15, 0.2) is 0 Å². The van der Waals surface area contributed by atoms with Crippen molar-refractivity contribution in [3.63, 3.8) is 0 Å². The molecule has 0 aliphatic carbocycles. The van der Waals surface area contributed by atoms with Crippen molar-refractivity contribution >= 4 is 36.5 Å². The maximum atomic E-state index is 12.0. The van der Waals surface area contributed by atoms with Crippen molar-refractivity contribution in [2.45, 2.75) is 4.90 Å². The van der Waals surface area contributed by atoms with Gasteiger partial charge in [-0.25, -0.2) is 16.5 Å². The third-order valence-electron chi connectivity index (χ3n) is 4.56. The number of rotatable bonds is 3. The molecule has 4 heteroatoms. The zero-order valence-corrected chi connectivity index (χ0v) is 20.8. The molecule has 33 heavy (non-hydrogen) atoms. The average molecular weight is 514 g/mol. The molecule has 0 atom stereocenters. The van der Waals surface area contributed by atoms with Crippen LogP contribution in [-0.4, -0.2) is 0 Å². The summed E-state index contributed by atoms with van der Waals surface area (Å²) in [5.41, 5.74) is 0. The van der Waals surface area contributed by atoms with Crippen LogP contribution in [0.5, 0.6) is 0 Å². The average Bonchev–Trinajstić information content (AvgIpc) is 3.44. The fraction of sp³-hybridized carbons (Fsp3) is 0. The molecule has 0 saturated carbocycles. The predicted octanol–water partition coefficient (Wildman–Crippen LogP) is 6.31. The van der Waals surface area contributed by atoms with Gasteiger partial charge in [0.2, 0.25) is 0 Å². The van der Waals surface area contributed by atoms with E-state index < -0.39 is 7.92 Å². The normalized spacial score (nSPS) is 9.52. The Morgan fingerprint density at radius 2 is 0.879 bits per heavy atom. The zero-order chi connectivity index (χ0) is 22.4. The van der Waals surface area contributed by atoms with Crippen LogP contribution in [0.15, 0.2) is 150 Å². The van der Waals surface area contributed by atoms with E-state index in [4.69, 9.17) is 12.6 Å². The monoisotopic (exact) mass is 513 g/mol. The Labute approximate surface area is 213 Å². The van der Waals surface area contributed by atoms with Crippen LogP contribution in [-0.2, 0) is 29.1 Å². The molecule has 0 fully saturated rings. The quantitative estimate of drug-likeness (QED) is 0.118. The topological polar surface area (TPSA) is 0 Å². The summed E-state index contributed by atoms with van der Waals surface area (Å²) in [5, 5.41) is 4.31. The van der Waals surface area contributed by atoms with Gasteiger partial charge in [0.1, 0.15) is 21.7 Å². The van der Waals surface area contributed by atoms with Gasteiger partial charge in [-0.1, -0.05) is 66.7 Å². The van der Waals surface area contributed by atoms with Crippen molar-refractivity contribution in [1.29, 1.82) is 0 Å². The summed E-state index contributed by atoms with van der Waals surface area (Å²) in [7, 11) is -0.877. The maximum Gasteiger partial charge on any atom is 0.123 e. The molecule has 0 amide bonds. The molecule has 0 radical (unpaired) electrons. The Bertz CT molecular complexity index is 985. The van der Waals surface area contributed by atoms with Crippen molar-refractivity contribution in [3.05, 3.63) is 151 Å². The van der Waals surface area contributed by atoms with Crippen molar-refractivity contribution in [2.75, 3.05) is 0 Å². The van der Waals surface area contributed by atoms with Crippen molar-refractivity contribution < 1.29 is 20.9 Å². The molecule has 170 valence electrons. The van der Waals surface area contributed by atoms with E-state index in [-0.39, 0.29) is 22.3 Å². The first-order chi connectivity index (χ1) is 15.7. The Balaban J connectivity index is 0.000000227. The molecule has 0 nitrogen and oxygen atoms in total. The minimum absolute atomic E-state index is 0. The van der Waals surface area contributed by atoms with Crippen LogP contribution in [0.1, 0.15) is 0 Å². The first-order valence-electron chi connectivity index (χ1n) is 10.4. The van der Waals surface area contributed by atoms with Crippen LogP contribution in [0.3, 0.4) is 0 Å². The third-order valence-corrected chi connectivity index (χ3v) is 7.56.